The number of ether oxygens (including phenoxy) is 1. The minimum absolute atomic E-state index is 0.149. The van der Waals surface area contributed by atoms with Gasteiger partial charge in [-0.3, -0.25) is 19.0 Å². The van der Waals surface area contributed by atoms with E-state index in [2.05, 4.69) is 10.3 Å². The molecule has 2 amide bonds. The summed E-state index contributed by atoms with van der Waals surface area (Å²) in [4.78, 5) is 50.8. The van der Waals surface area contributed by atoms with E-state index in [0.717, 1.165) is 5.56 Å². The number of amides is 2. The number of anilines is 2. The Morgan fingerprint density at radius 3 is 2.52 bits per heavy atom. The average molecular weight is 695 g/mol. The van der Waals surface area contributed by atoms with E-state index in [1.165, 1.54) is 39.6 Å². The molecule has 6 rings (SSSR count). The summed E-state index contributed by atoms with van der Waals surface area (Å²) in [5.74, 6) is -1.16. The molecule has 48 heavy (non-hydrogen) atoms. The van der Waals surface area contributed by atoms with Gasteiger partial charge in [0.15, 0.2) is 0 Å². The lowest BCUT2D eigenvalue weighted by molar-refractivity contribution is -0.116. The van der Waals surface area contributed by atoms with Gasteiger partial charge in [-0.25, -0.2) is 14.4 Å². The van der Waals surface area contributed by atoms with Crippen LogP contribution in [0.1, 0.15) is 21.7 Å². The van der Waals surface area contributed by atoms with Crippen molar-refractivity contribution in [3.8, 4) is 16.9 Å². The molecule has 1 aliphatic heterocycles. The van der Waals surface area contributed by atoms with Crippen LogP contribution in [0.3, 0.4) is 0 Å². The van der Waals surface area contributed by atoms with Crippen LogP contribution in [0.5, 0.6) is 5.75 Å². The highest BCUT2D eigenvalue weighted by atomic mass is 35.5. The Labute approximate surface area is 283 Å². The Balaban J connectivity index is 1.40. The molecular weight excluding hydrogens is 664 g/mol. The van der Waals surface area contributed by atoms with E-state index in [4.69, 9.17) is 38.7 Å². The first-order valence-electron chi connectivity index (χ1n) is 14.9. The van der Waals surface area contributed by atoms with Gasteiger partial charge in [0.1, 0.15) is 35.4 Å². The number of nitrogens with two attached hydrogens (primary N) is 1. The van der Waals surface area contributed by atoms with Gasteiger partial charge in [-0.05, 0) is 41.8 Å². The number of hydrogen-bond donors (Lipinski definition) is 3. The van der Waals surface area contributed by atoms with E-state index in [1.807, 2.05) is 4.90 Å². The molecule has 0 saturated carbocycles. The Morgan fingerprint density at radius 2 is 1.81 bits per heavy atom. The van der Waals surface area contributed by atoms with Gasteiger partial charge in [0.25, 0.3) is 11.5 Å². The fraction of sp³-hybridized carbons (Fsp3) is 0.242. The number of primary amides is 1. The number of nitrogens with zero attached hydrogens (tertiary/aromatic N) is 5. The largest absolute Gasteiger partial charge is 0.506 e. The SMILES string of the molecule is Cn1c(CCc2ccc(F)cc2)nc2c(c(-c3cc(Cl)c(O)c(C(N)=O)c3)cn2CC(=O)Nc2cc(N3CCOCC3)ncc2Cl)c1=O. The molecule has 0 bridgehead atoms. The second-order valence-corrected chi connectivity index (χ2v) is 12.1. The van der Waals surface area contributed by atoms with Gasteiger partial charge in [-0.2, -0.15) is 0 Å². The number of carbonyl (C=O) groups is 2. The predicted octanol–water partition coefficient (Wildman–Crippen LogP) is 4.31. The summed E-state index contributed by atoms with van der Waals surface area (Å²) in [6.45, 7) is 2.13. The van der Waals surface area contributed by atoms with Crippen molar-refractivity contribution in [2.75, 3.05) is 36.5 Å². The molecule has 1 saturated heterocycles. The lowest BCUT2D eigenvalue weighted by Crippen LogP contribution is -2.36. The molecule has 15 heteroatoms. The van der Waals surface area contributed by atoms with Gasteiger partial charge < -0.3 is 30.4 Å². The zero-order valence-electron chi connectivity index (χ0n) is 25.7. The van der Waals surface area contributed by atoms with Crippen LogP contribution >= 0.6 is 23.2 Å². The molecule has 5 aromatic rings. The number of hydrogen-bond acceptors (Lipinski definition) is 8. The fourth-order valence-electron chi connectivity index (χ4n) is 5.60. The smallest absolute Gasteiger partial charge is 0.263 e. The number of aromatic hydroxyl groups is 1. The maximum atomic E-state index is 13.9. The number of nitrogens with one attached hydrogen (secondary N) is 1. The normalized spacial score (nSPS) is 13.2. The van der Waals surface area contributed by atoms with Crippen LogP contribution in [-0.4, -0.2) is 62.3 Å². The molecule has 0 atom stereocenters. The first-order chi connectivity index (χ1) is 23.0. The second kappa shape index (κ2) is 13.6. The van der Waals surface area contributed by atoms with Crippen molar-refractivity contribution in [1.29, 1.82) is 0 Å². The van der Waals surface area contributed by atoms with Crippen LogP contribution in [0.2, 0.25) is 10.0 Å². The maximum Gasteiger partial charge on any atom is 0.263 e. The van der Waals surface area contributed by atoms with Crippen molar-refractivity contribution in [2.45, 2.75) is 19.4 Å². The van der Waals surface area contributed by atoms with Crippen LogP contribution in [0.4, 0.5) is 15.9 Å². The molecule has 12 nitrogen and oxygen atoms in total. The molecule has 0 unspecified atom stereocenters. The minimum atomic E-state index is -0.917. The van der Waals surface area contributed by atoms with Gasteiger partial charge >= 0.3 is 0 Å². The molecule has 0 spiro atoms. The summed E-state index contributed by atoms with van der Waals surface area (Å²) in [7, 11) is 1.58. The number of aryl methyl sites for hydroxylation is 2. The molecule has 3 aromatic heterocycles. The quantitative estimate of drug-likeness (QED) is 0.206. The van der Waals surface area contributed by atoms with Gasteiger partial charge in [-0.1, -0.05) is 35.3 Å². The number of aromatic nitrogens is 4. The lowest BCUT2D eigenvalue weighted by atomic mass is 10.0. The number of halogens is 3. The van der Waals surface area contributed by atoms with Crippen LogP contribution in [-0.2, 0) is 36.0 Å². The van der Waals surface area contributed by atoms with Crippen molar-refractivity contribution in [3.05, 3.63) is 98.0 Å². The van der Waals surface area contributed by atoms with Crippen molar-refractivity contribution in [3.63, 3.8) is 0 Å². The van der Waals surface area contributed by atoms with Crippen LogP contribution in [0, 0.1) is 5.82 Å². The third kappa shape index (κ3) is 6.70. The standard InChI is InChI=1S/C33H30Cl2FN7O5/c1-41-26(7-4-18-2-5-20(36)6-3-18)40-32-29(33(41)47)22(19-12-21(31(37)46)30(45)23(34)13-19)16-43(32)17-28(44)39-25-14-27(38-15-24(25)35)42-8-10-48-11-9-42/h2-3,5-6,12-16,45H,4,7-11,17H2,1H3,(H2,37,46)(H,38,39,44). The molecule has 2 aromatic carbocycles. The minimum Gasteiger partial charge on any atom is -0.506 e. The number of phenols is 1. The number of pyridine rings is 1. The highest BCUT2D eigenvalue weighted by molar-refractivity contribution is 6.34. The fourth-order valence-corrected chi connectivity index (χ4v) is 5.97. The summed E-state index contributed by atoms with van der Waals surface area (Å²) in [6.07, 6.45) is 3.84. The first kappa shape index (κ1) is 32.9. The van der Waals surface area contributed by atoms with Gasteiger partial charge in [-0.15, -0.1) is 0 Å². The molecule has 0 radical (unpaired) electrons. The molecule has 0 aliphatic carbocycles. The van der Waals surface area contributed by atoms with E-state index in [0.29, 0.717) is 67.6 Å². The Morgan fingerprint density at radius 1 is 1.08 bits per heavy atom. The van der Waals surface area contributed by atoms with E-state index >= 15 is 0 Å². The lowest BCUT2D eigenvalue weighted by Gasteiger charge is -2.28. The van der Waals surface area contributed by atoms with Gasteiger partial charge in [0, 0.05) is 44.4 Å². The van der Waals surface area contributed by atoms with E-state index < -0.39 is 23.1 Å². The van der Waals surface area contributed by atoms with E-state index in [-0.39, 0.29) is 39.0 Å². The second-order valence-electron chi connectivity index (χ2n) is 11.3. The summed E-state index contributed by atoms with van der Waals surface area (Å²) in [6, 6.07) is 10.5. The van der Waals surface area contributed by atoms with Crippen molar-refractivity contribution in [2.24, 2.45) is 12.8 Å². The molecule has 248 valence electrons. The van der Waals surface area contributed by atoms with Crippen molar-refractivity contribution in [1.82, 2.24) is 19.1 Å². The Hall–Kier alpha value is -4.98. The Kier molecular flexibility index (Phi) is 9.35. The summed E-state index contributed by atoms with van der Waals surface area (Å²) in [5.41, 5.74) is 6.87. The van der Waals surface area contributed by atoms with Crippen molar-refractivity contribution >= 4 is 57.6 Å². The van der Waals surface area contributed by atoms with Gasteiger partial charge in [0.2, 0.25) is 5.91 Å². The summed E-state index contributed by atoms with van der Waals surface area (Å²) < 4.78 is 21.8. The molecule has 4 heterocycles. The highest BCUT2D eigenvalue weighted by Crippen LogP contribution is 2.36. The van der Waals surface area contributed by atoms with Crippen LogP contribution in [0.15, 0.2) is 59.7 Å². The number of carbonyl (C=O) groups excluding carboxylic acids is 2. The summed E-state index contributed by atoms with van der Waals surface area (Å²) >= 11 is 12.7. The third-order valence-electron chi connectivity index (χ3n) is 8.14. The molecule has 1 fully saturated rings. The average Bonchev–Trinajstić information content (AvgIpc) is 3.42. The number of fused-ring (bicyclic) bond motifs is 1. The molecule has 1 aliphatic rings. The monoisotopic (exact) mass is 693 g/mol. The molecule has 4 N–H and O–H groups in total. The van der Waals surface area contributed by atoms with E-state index in [1.54, 1.807) is 31.4 Å². The van der Waals surface area contributed by atoms with E-state index in [9.17, 15) is 23.9 Å². The highest BCUT2D eigenvalue weighted by Gasteiger charge is 2.23. The zero-order valence-corrected chi connectivity index (χ0v) is 27.2. The molecular formula is C33H30Cl2FN7O5. The Bertz CT molecular complexity index is 2110. The number of morpholine rings is 1. The number of rotatable bonds is 9. The maximum absolute atomic E-state index is 13.9. The predicted molar refractivity (Wildman–Crippen MR) is 180 cm³/mol. The number of benzene rings is 2. The zero-order chi connectivity index (χ0) is 34.1. The topological polar surface area (TPSA) is 158 Å². The van der Waals surface area contributed by atoms with Crippen LogP contribution in [0.25, 0.3) is 22.2 Å². The van der Waals surface area contributed by atoms with Crippen LogP contribution < -0.4 is 21.5 Å². The first-order valence-corrected chi connectivity index (χ1v) is 15.7. The third-order valence-corrected chi connectivity index (χ3v) is 8.73. The van der Waals surface area contributed by atoms with Crippen molar-refractivity contribution < 1.29 is 23.8 Å². The summed E-state index contributed by atoms with van der Waals surface area (Å²) in [5, 5.41) is 13.4. The van der Waals surface area contributed by atoms with Gasteiger partial charge in [0.05, 0.1) is 46.1 Å².